The number of piperazine rings is 1. The van der Waals surface area contributed by atoms with Crippen molar-refractivity contribution in [2.75, 3.05) is 36.0 Å². The summed E-state index contributed by atoms with van der Waals surface area (Å²) >= 11 is 0. The maximum atomic E-state index is 11.6. The van der Waals surface area contributed by atoms with Crippen LogP contribution in [0.3, 0.4) is 0 Å². The van der Waals surface area contributed by atoms with Crippen LogP contribution in [0.25, 0.3) is 10.9 Å². The number of nitrogens with zero attached hydrogens (tertiary/aromatic N) is 5. The van der Waals surface area contributed by atoms with Crippen molar-refractivity contribution in [1.29, 1.82) is 0 Å². The lowest BCUT2D eigenvalue weighted by Gasteiger charge is -2.36. The van der Waals surface area contributed by atoms with Crippen LogP contribution in [0.15, 0.2) is 35.4 Å². The van der Waals surface area contributed by atoms with Gasteiger partial charge in [0.15, 0.2) is 0 Å². The summed E-state index contributed by atoms with van der Waals surface area (Å²) in [6.07, 6.45) is 1.54. The quantitative estimate of drug-likeness (QED) is 0.721. The number of anilines is 2. The van der Waals surface area contributed by atoms with Gasteiger partial charge in [-0.15, -0.1) is 0 Å². The minimum Gasteiger partial charge on any atom is -0.508 e. The molecule has 0 spiro atoms. The molecule has 2 N–H and O–H groups in total. The number of hydrogen-bond donors (Lipinski definition) is 2. The number of fused-ring (bicyclic) bond motifs is 1. The first kappa shape index (κ1) is 15.4. The molecule has 8 nitrogen and oxygen atoms in total. The van der Waals surface area contributed by atoms with Crippen molar-refractivity contribution in [3.8, 4) is 5.75 Å². The summed E-state index contributed by atoms with van der Waals surface area (Å²) in [4.78, 5) is 31.7. The first-order valence-electron chi connectivity index (χ1n) is 8.12. The van der Waals surface area contributed by atoms with Gasteiger partial charge in [-0.05, 0) is 25.1 Å². The summed E-state index contributed by atoms with van der Waals surface area (Å²) in [6.45, 7) is 4.72. The number of hydrogen-bond acceptors (Lipinski definition) is 7. The number of H-pyrrole nitrogens is 1. The Hall–Kier alpha value is -3.16. The number of aromatic amines is 1. The minimum atomic E-state index is -0.137. The van der Waals surface area contributed by atoms with E-state index in [2.05, 4.69) is 29.7 Å². The lowest BCUT2D eigenvalue weighted by Crippen LogP contribution is -2.47. The van der Waals surface area contributed by atoms with E-state index in [9.17, 15) is 9.90 Å². The van der Waals surface area contributed by atoms with E-state index in [1.165, 1.54) is 6.07 Å². The molecule has 1 fully saturated rings. The van der Waals surface area contributed by atoms with Gasteiger partial charge in [0.25, 0.3) is 5.56 Å². The fourth-order valence-corrected chi connectivity index (χ4v) is 3.13. The maximum Gasteiger partial charge on any atom is 0.252 e. The number of benzene rings is 1. The van der Waals surface area contributed by atoms with Crippen molar-refractivity contribution in [3.63, 3.8) is 0 Å². The number of aryl methyl sites for hydroxylation is 1. The predicted octanol–water partition coefficient (Wildman–Crippen LogP) is 1.05. The molecular weight excluding hydrogens is 320 g/mol. The molecule has 1 aliphatic heterocycles. The van der Waals surface area contributed by atoms with Gasteiger partial charge in [0.1, 0.15) is 17.9 Å². The fraction of sp³-hybridized carbons (Fsp3) is 0.294. The van der Waals surface area contributed by atoms with Gasteiger partial charge in [-0.2, -0.15) is 0 Å². The third kappa shape index (κ3) is 2.98. The normalized spacial score (nSPS) is 14.9. The van der Waals surface area contributed by atoms with Crippen molar-refractivity contribution in [2.24, 2.45) is 0 Å². The highest BCUT2D eigenvalue weighted by atomic mass is 16.3. The smallest absolute Gasteiger partial charge is 0.252 e. The van der Waals surface area contributed by atoms with E-state index in [0.717, 1.165) is 42.9 Å². The van der Waals surface area contributed by atoms with Crippen LogP contribution in [0, 0.1) is 6.92 Å². The van der Waals surface area contributed by atoms with Crippen LogP contribution < -0.4 is 15.4 Å². The Balaban J connectivity index is 1.58. The second kappa shape index (κ2) is 6.04. The molecule has 4 rings (SSSR count). The topological polar surface area (TPSA) is 98.2 Å². The lowest BCUT2D eigenvalue weighted by atomic mass is 10.2. The molecule has 0 amide bonds. The van der Waals surface area contributed by atoms with Crippen LogP contribution >= 0.6 is 0 Å². The van der Waals surface area contributed by atoms with Crippen molar-refractivity contribution < 1.29 is 5.11 Å². The van der Waals surface area contributed by atoms with E-state index in [0.29, 0.717) is 11.6 Å². The van der Waals surface area contributed by atoms with E-state index in [1.54, 1.807) is 24.5 Å². The first-order valence-corrected chi connectivity index (χ1v) is 8.12. The zero-order valence-electron chi connectivity index (χ0n) is 13.8. The summed E-state index contributed by atoms with van der Waals surface area (Å²) in [7, 11) is 0. The second-order valence-electron chi connectivity index (χ2n) is 6.08. The highest BCUT2D eigenvalue weighted by Gasteiger charge is 2.21. The molecule has 128 valence electrons. The van der Waals surface area contributed by atoms with Crippen LogP contribution in [0.2, 0.25) is 0 Å². The van der Waals surface area contributed by atoms with E-state index in [4.69, 9.17) is 0 Å². The Bertz CT molecular complexity index is 978. The number of aromatic hydroxyl groups is 1. The third-order valence-corrected chi connectivity index (χ3v) is 4.33. The van der Waals surface area contributed by atoms with Gasteiger partial charge in [-0.1, -0.05) is 0 Å². The monoisotopic (exact) mass is 338 g/mol. The van der Waals surface area contributed by atoms with E-state index < -0.39 is 0 Å². The van der Waals surface area contributed by atoms with E-state index in [1.807, 2.05) is 6.92 Å². The average Bonchev–Trinajstić information content (AvgIpc) is 2.60. The lowest BCUT2D eigenvalue weighted by molar-refractivity contribution is 0.476. The predicted molar refractivity (Wildman–Crippen MR) is 95.2 cm³/mol. The SMILES string of the molecule is Cc1cc(=O)[nH]c(N2CCN(c3ncnc4ccc(O)cc34)CC2)n1. The van der Waals surface area contributed by atoms with E-state index >= 15 is 0 Å². The molecule has 25 heavy (non-hydrogen) atoms. The number of phenolic OH excluding ortho intramolecular Hbond substituents is 1. The number of rotatable bonds is 2. The molecule has 8 heteroatoms. The molecule has 0 radical (unpaired) electrons. The van der Waals surface area contributed by atoms with Crippen LogP contribution in [-0.2, 0) is 0 Å². The number of nitrogens with one attached hydrogen (secondary N) is 1. The molecule has 1 saturated heterocycles. The molecule has 0 atom stereocenters. The van der Waals surface area contributed by atoms with Crippen molar-refractivity contribution in [1.82, 2.24) is 19.9 Å². The van der Waals surface area contributed by atoms with Gasteiger partial charge in [0.2, 0.25) is 5.95 Å². The summed E-state index contributed by atoms with van der Waals surface area (Å²) in [5.74, 6) is 1.62. The van der Waals surface area contributed by atoms with Gasteiger partial charge >= 0.3 is 0 Å². The molecule has 1 aliphatic rings. The standard InChI is InChI=1S/C17H18N6O2/c1-11-8-15(25)21-17(20-11)23-6-4-22(5-7-23)16-13-9-12(24)2-3-14(13)18-10-19-16/h2-3,8-10,24H,4-7H2,1H3,(H,20,21,25). The van der Waals surface area contributed by atoms with Crippen LogP contribution in [-0.4, -0.2) is 51.2 Å². The van der Waals surface area contributed by atoms with Crippen molar-refractivity contribution in [2.45, 2.75) is 6.92 Å². The van der Waals surface area contributed by atoms with E-state index in [-0.39, 0.29) is 11.3 Å². The highest BCUT2D eigenvalue weighted by molar-refractivity contribution is 5.90. The Morgan fingerprint density at radius 1 is 1.08 bits per heavy atom. The third-order valence-electron chi connectivity index (χ3n) is 4.33. The molecule has 0 saturated carbocycles. The number of phenols is 1. The largest absolute Gasteiger partial charge is 0.508 e. The van der Waals surface area contributed by atoms with Gasteiger partial charge in [-0.25, -0.2) is 15.0 Å². The van der Waals surface area contributed by atoms with Crippen molar-refractivity contribution in [3.05, 3.63) is 46.6 Å². The van der Waals surface area contributed by atoms with Gasteiger partial charge in [0, 0.05) is 43.3 Å². The molecular formula is C17H18N6O2. The fourth-order valence-electron chi connectivity index (χ4n) is 3.13. The highest BCUT2D eigenvalue weighted by Crippen LogP contribution is 2.27. The molecule has 1 aromatic carbocycles. The van der Waals surface area contributed by atoms with Gasteiger partial charge in [0.05, 0.1) is 5.52 Å². The van der Waals surface area contributed by atoms with Crippen LogP contribution in [0.1, 0.15) is 5.69 Å². The first-order chi connectivity index (χ1) is 12.1. The minimum absolute atomic E-state index is 0.137. The maximum absolute atomic E-state index is 11.6. The summed E-state index contributed by atoms with van der Waals surface area (Å²) in [5, 5.41) is 10.6. The molecule has 0 bridgehead atoms. The van der Waals surface area contributed by atoms with Crippen LogP contribution in [0.5, 0.6) is 5.75 Å². The molecule has 3 heterocycles. The van der Waals surface area contributed by atoms with Gasteiger partial charge in [-0.3, -0.25) is 9.78 Å². The van der Waals surface area contributed by atoms with Crippen molar-refractivity contribution >= 4 is 22.7 Å². The summed E-state index contributed by atoms with van der Waals surface area (Å²) in [5.41, 5.74) is 1.37. The number of aromatic nitrogens is 4. The zero-order chi connectivity index (χ0) is 17.4. The molecule has 0 aliphatic carbocycles. The zero-order valence-corrected chi connectivity index (χ0v) is 13.8. The summed E-state index contributed by atoms with van der Waals surface area (Å²) < 4.78 is 0. The van der Waals surface area contributed by atoms with Crippen LogP contribution in [0.4, 0.5) is 11.8 Å². The van der Waals surface area contributed by atoms with Gasteiger partial charge < -0.3 is 14.9 Å². The second-order valence-corrected chi connectivity index (χ2v) is 6.08. The molecule has 0 unspecified atom stereocenters. The average molecular weight is 338 g/mol. The summed E-state index contributed by atoms with van der Waals surface area (Å²) in [6, 6.07) is 6.58. The Morgan fingerprint density at radius 2 is 1.84 bits per heavy atom. The molecule has 3 aromatic rings. The Labute approximate surface area is 143 Å². The Morgan fingerprint density at radius 3 is 2.60 bits per heavy atom. The Kier molecular flexibility index (Phi) is 3.72. The molecule has 2 aromatic heterocycles.